The summed E-state index contributed by atoms with van der Waals surface area (Å²) in [5, 5.41) is 15.5. The SMILES string of the molecule is CCC(C)C(C(CC(=O)N1CCCC1C(OC)C(C)C(=O)NC(Cc1ccccc1)C(=O)O)OC)N(C)C(=O)C(NC(=O)C(C)(C)N(C)C(=O)CCCCN1CC=CC1=O)C(C)C. The van der Waals surface area contributed by atoms with E-state index in [0.717, 1.165) is 5.56 Å². The minimum Gasteiger partial charge on any atom is -0.480 e. The highest BCUT2D eigenvalue weighted by molar-refractivity contribution is 5.94. The summed E-state index contributed by atoms with van der Waals surface area (Å²) >= 11 is 0. The molecular weight excluding hydrogens is 809 g/mol. The van der Waals surface area contributed by atoms with Gasteiger partial charge in [0.05, 0.1) is 36.6 Å². The first kappa shape index (κ1) is 52.5. The molecule has 6 amide bonds. The monoisotopic (exact) mass is 883 g/mol. The van der Waals surface area contributed by atoms with Crippen LogP contribution < -0.4 is 10.6 Å². The number of carbonyl (C=O) groups excluding carboxylic acids is 6. The average Bonchev–Trinajstić information content (AvgIpc) is 3.91. The van der Waals surface area contributed by atoms with Gasteiger partial charge in [0, 0.05) is 66.9 Å². The van der Waals surface area contributed by atoms with Crippen LogP contribution >= 0.6 is 0 Å². The lowest BCUT2D eigenvalue weighted by Gasteiger charge is -2.41. The van der Waals surface area contributed by atoms with Crippen molar-refractivity contribution in [2.24, 2.45) is 17.8 Å². The summed E-state index contributed by atoms with van der Waals surface area (Å²) in [5.74, 6) is -4.24. The van der Waals surface area contributed by atoms with Gasteiger partial charge in [-0.3, -0.25) is 28.8 Å². The Hall–Kier alpha value is -4.83. The number of nitrogens with one attached hydrogen (secondary N) is 2. The Morgan fingerprint density at radius 1 is 0.968 bits per heavy atom. The Bertz CT molecular complexity index is 1750. The van der Waals surface area contributed by atoms with E-state index in [-0.39, 0.29) is 54.7 Å². The molecule has 1 saturated heterocycles. The maximum Gasteiger partial charge on any atom is 0.326 e. The maximum atomic E-state index is 14.5. The minimum absolute atomic E-state index is 0.0331. The van der Waals surface area contributed by atoms with Gasteiger partial charge in [-0.25, -0.2) is 4.79 Å². The van der Waals surface area contributed by atoms with Crippen molar-refractivity contribution in [2.45, 2.75) is 142 Å². The van der Waals surface area contributed by atoms with Crippen LogP contribution in [0.5, 0.6) is 0 Å². The molecule has 2 heterocycles. The van der Waals surface area contributed by atoms with Crippen molar-refractivity contribution in [1.82, 2.24) is 30.2 Å². The molecule has 8 unspecified atom stereocenters. The lowest BCUT2D eigenvalue weighted by molar-refractivity contribution is -0.150. The van der Waals surface area contributed by atoms with Crippen LogP contribution in [0, 0.1) is 17.8 Å². The highest BCUT2D eigenvalue weighted by Gasteiger charge is 2.44. The number of carbonyl (C=O) groups is 7. The number of benzene rings is 1. The second kappa shape index (κ2) is 24.3. The van der Waals surface area contributed by atoms with Crippen molar-refractivity contribution >= 4 is 41.4 Å². The average molecular weight is 883 g/mol. The molecule has 0 saturated carbocycles. The Labute approximate surface area is 374 Å². The number of ether oxygens (including phenoxy) is 2. The predicted molar refractivity (Wildman–Crippen MR) is 239 cm³/mol. The van der Waals surface area contributed by atoms with Crippen LogP contribution in [-0.2, 0) is 49.5 Å². The predicted octanol–water partition coefficient (Wildman–Crippen LogP) is 3.67. The first-order valence-electron chi connectivity index (χ1n) is 22.4. The number of aliphatic carboxylic acids is 1. The molecule has 0 radical (unpaired) electrons. The molecule has 2 aliphatic heterocycles. The fraction of sp³-hybridized carbons (Fsp3) is 0.681. The molecule has 0 spiro atoms. The van der Waals surface area contributed by atoms with E-state index >= 15 is 0 Å². The second-order valence-electron chi connectivity index (χ2n) is 18.0. The molecule has 3 N–H and O–H groups in total. The number of hydrogen-bond donors (Lipinski definition) is 3. The molecule has 16 nitrogen and oxygen atoms in total. The van der Waals surface area contributed by atoms with E-state index < -0.39 is 65.6 Å². The lowest BCUT2D eigenvalue weighted by atomic mass is 9.89. The number of unbranched alkanes of at least 4 members (excludes halogenated alkanes) is 1. The molecule has 0 bridgehead atoms. The zero-order valence-corrected chi connectivity index (χ0v) is 39.4. The quantitative estimate of drug-likeness (QED) is 0.122. The summed E-state index contributed by atoms with van der Waals surface area (Å²) in [6.07, 6.45) is 5.24. The van der Waals surface area contributed by atoms with Gasteiger partial charge in [0.25, 0.3) is 0 Å². The van der Waals surface area contributed by atoms with Crippen molar-refractivity contribution in [3.63, 3.8) is 0 Å². The number of hydrogen-bond acceptors (Lipinski definition) is 9. The van der Waals surface area contributed by atoms with E-state index in [1.54, 1.807) is 79.9 Å². The number of likely N-dealkylation sites (tertiary alicyclic amines) is 1. The van der Waals surface area contributed by atoms with Crippen LogP contribution in [0.3, 0.4) is 0 Å². The smallest absolute Gasteiger partial charge is 0.326 e. The standard InChI is InChI=1S/C47H74N6O10/c1-12-31(4)41(50(8)44(58)40(30(2)3)49-46(61)47(6,7)51(9)37(54)23-16-17-25-52-26-19-24-38(52)55)36(62-10)29-39(56)53-27-18-22-35(53)42(63-11)32(5)43(57)48-34(45(59)60)28-33-20-14-13-15-21-33/h13-15,19-21,24,30-32,34-36,40-42H,12,16-18,22-23,25-29H2,1-11H3,(H,48,57)(H,49,61)(H,59,60). The van der Waals surface area contributed by atoms with Gasteiger partial charge < -0.3 is 44.8 Å². The third kappa shape index (κ3) is 13.8. The highest BCUT2D eigenvalue weighted by atomic mass is 16.5. The Balaban J connectivity index is 1.71. The van der Waals surface area contributed by atoms with Crippen LogP contribution in [0.2, 0.25) is 0 Å². The van der Waals surface area contributed by atoms with Crippen molar-refractivity contribution in [1.29, 1.82) is 0 Å². The van der Waals surface area contributed by atoms with Crippen molar-refractivity contribution in [2.75, 3.05) is 47.9 Å². The summed E-state index contributed by atoms with van der Waals surface area (Å²) < 4.78 is 11.9. The van der Waals surface area contributed by atoms with E-state index in [9.17, 15) is 38.7 Å². The molecule has 352 valence electrons. The highest BCUT2D eigenvalue weighted by Crippen LogP contribution is 2.30. The Kier molecular flexibility index (Phi) is 20.2. The van der Waals surface area contributed by atoms with Crippen molar-refractivity contribution in [3.8, 4) is 0 Å². The third-order valence-electron chi connectivity index (χ3n) is 13.1. The van der Waals surface area contributed by atoms with Crippen LogP contribution in [0.1, 0.15) is 99.0 Å². The van der Waals surface area contributed by atoms with Gasteiger partial charge in [-0.05, 0) is 56.9 Å². The van der Waals surface area contributed by atoms with E-state index in [4.69, 9.17) is 9.47 Å². The molecule has 63 heavy (non-hydrogen) atoms. The van der Waals surface area contributed by atoms with Gasteiger partial charge in [0.1, 0.15) is 17.6 Å². The number of methoxy groups -OCH3 is 2. The van der Waals surface area contributed by atoms with Gasteiger partial charge in [0.2, 0.25) is 35.4 Å². The van der Waals surface area contributed by atoms with Gasteiger partial charge >= 0.3 is 5.97 Å². The summed E-state index contributed by atoms with van der Waals surface area (Å²) in [4.78, 5) is 99.9. The zero-order chi connectivity index (χ0) is 47.2. The van der Waals surface area contributed by atoms with Crippen LogP contribution in [0.4, 0.5) is 0 Å². The maximum absolute atomic E-state index is 14.5. The molecule has 16 heteroatoms. The molecule has 1 aromatic rings. The number of carboxylic acid groups (broad SMARTS) is 1. The normalized spacial score (nSPS) is 18.6. The second-order valence-corrected chi connectivity index (χ2v) is 18.0. The zero-order valence-electron chi connectivity index (χ0n) is 39.4. The van der Waals surface area contributed by atoms with Gasteiger partial charge in [-0.15, -0.1) is 0 Å². The van der Waals surface area contributed by atoms with Gasteiger partial charge in [0.15, 0.2) is 0 Å². The van der Waals surface area contributed by atoms with Crippen LogP contribution in [-0.4, -0.2) is 156 Å². The number of carboxylic acids is 1. The summed E-state index contributed by atoms with van der Waals surface area (Å²) in [5.41, 5.74) is -0.524. The Morgan fingerprint density at radius 2 is 1.63 bits per heavy atom. The summed E-state index contributed by atoms with van der Waals surface area (Å²) in [7, 11) is 6.22. The van der Waals surface area contributed by atoms with E-state index in [1.165, 1.54) is 19.1 Å². The number of amides is 6. The molecule has 8 atom stereocenters. The van der Waals surface area contributed by atoms with Crippen LogP contribution in [0.25, 0.3) is 0 Å². The van der Waals surface area contributed by atoms with Crippen molar-refractivity contribution < 1.29 is 48.1 Å². The molecule has 1 fully saturated rings. The molecule has 3 rings (SSSR count). The fourth-order valence-corrected chi connectivity index (χ4v) is 8.60. The van der Waals surface area contributed by atoms with Gasteiger partial charge in [-0.1, -0.05) is 77.4 Å². The summed E-state index contributed by atoms with van der Waals surface area (Å²) in [6.45, 7) is 14.1. The van der Waals surface area contributed by atoms with E-state index in [0.29, 0.717) is 51.7 Å². The van der Waals surface area contributed by atoms with E-state index in [1.807, 2.05) is 39.8 Å². The Morgan fingerprint density at radius 3 is 2.19 bits per heavy atom. The number of rotatable bonds is 25. The number of nitrogens with zero attached hydrogens (tertiary/aromatic N) is 4. The largest absolute Gasteiger partial charge is 0.480 e. The van der Waals surface area contributed by atoms with E-state index in [2.05, 4.69) is 10.6 Å². The first-order valence-corrected chi connectivity index (χ1v) is 22.4. The topological polar surface area (TPSA) is 195 Å². The van der Waals surface area contributed by atoms with Crippen LogP contribution in [0.15, 0.2) is 42.5 Å². The molecular formula is C47H74N6O10. The molecule has 2 aliphatic rings. The molecule has 0 aromatic heterocycles. The molecule has 0 aliphatic carbocycles. The van der Waals surface area contributed by atoms with Crippen molar-refractivity contribution in [3.05, 3.63) is 48.0 Å². The van der Waals surface area contributed by atoms with Gasteiger partial charge in [-0.2, -0.15) is 0 Å². The lowest BCUT2D eigenvalue weighted by Crippen LogP contribution is -2.62. The third-order valence-corrected chi connectivity index (χ3v) is 13.1. The number of likely N-dealkylation sites (N-methyl/N-ethyl adjacent to an activating group) is 2. The minimum atomic E-state index is -1.29. The summed E-state index contributed by atoms with van der Waals surface area (Å²) in [6, 6.07) is 5.90. The first-order chi connectivity index (χ1) is 29.7. The molecule has 1 aromatic carbocycles. The fourth-order valence-electron chi connectivity index (χ4n) is 8.60.